The predicted octanol–water partition coefficient (Wildman–Crippen LogP) is 0.966. The van der Waals surface area contributed by atoms with Crippen LogP contribution in [0.3, 0.4) is 0 Å². The van der Waals surface area contributed by atoms with E-state index in [2.05, 4.69) is 14.9 Å². The van der Waals surface area contributed by atoms with Crippen molar-refractivity contribution in [1.29, 1.82) is 0 Å². The number of carbonyl (C=O) groups excluding carboxylic acids is 1. The molecule has 2 saturated heterocycles. The molecule has 0 radical (unpaired) electrons. The summed E-state index contributed by atoms with van der Waals surface area (Å²) < 4.78 is 7.27. The number of hydrogen-bond acceptors (Lipinski definition) is 6. The summed E-state index contributed by atoms with van der Waals surface area (Å²) in [4.78, 5) is 30.3. The molecule has 138 valence electrons. The molecule has 8 nitrogen and oxygen atoms in total. The van der Waals surface area contributed by atoms with Gasteiger partial charge in [0, 0.05) is 32.0 Å². The Morgan fingerprint density at radius 2 is 2.12 bits per heavy atom. The average Bonchev–Trinajstić information content (AvgIpc) is 3.32. The second-order valence-corrected chi connectivity index (χ2v) is 6.78. The fourth-order valence-corrected chi connectivity index (χ4v) is 3.68. The van der Waals surface area contributed by atoms with E-state index in [4.69, 9.17) is 9.72 Å². The number of carbonyl (C=O) groups is 1. The van der Waals surface area contributed by atoms with Gasteiger partial charge in [-0.15, -0.1) is 0 Å². The molecule has 0 aliphatic carbocycles. The van der Waals surface area contributed by atoms with Crippen LogP contribution in [0.1, 0.15) is 30.4 Å². The van der Waals surface area contributed by atoms with Crippen LogP contribution in [0.4, 0.5) is 0 Å². The second kappa shape index (κ2) is 7.51. The molecule has 2 fully saturated rings. The van der Waals surface area contributed by atoms with Gasteiger partial charge in [0.1, 0.15) is 5.82 Å². The highest BCUT2D eigenvalue weighted by molar-refractivity contribution is 5.79. The van der Waals surface area contributed by atoms with Crippen molar-refractivity contribution in [3.05, 3.63) is 36.3 Å². The van der Waals surface area contributed by atoms with Crippen LogP contribution in [-0.4, -0.2) is 74.6 Å². The summed E-state index contributed by atoms with van der Waals surface area (Å²) in [7, 11) is 0. The van der Waals surface area contributed by atoms with E-state index in [0.717, 1.165) is 49.8 Å². The van der Waals surface area contributed by atoms with E-state index in [0.29, 0.717) is 19.8 Å². The molecular formula is C18H24N6O2. The zero-order valence-electron chi connectivity index (χ0n) is 15.0. The van der Waals surface area contributed by atoms with Crippen LogP contribution < -0.4 is 0 Å². The van der Waals surface area contributed by atoms with Gasteiger partial charge in [-0.1, -0.05) is 0 Å². The Morgan fingerprint density at radius 1 is 1.27 bits per heavy atom. The predicted molar refractivity (Wildman–Crippen MR) is 94.8 cm³/mol. The standard InChI is InChI=1S/C18H24N6O2/c1-14-20-4-6-23(14)17-12-19-11-15(21-17)16-3-2-5-24(16)18(25)13-22-7-9-26-10-8-22/h4,6,11-12,16H,2-3,5,7-10,13H2,1H3. The fourth-order valence-electron chi connectivity index (χ4n) is 3.68. The van der Waals surface area contributed by atoms with E-state index in [1.807, 2.05) is 22.6 Å². The minimum Gasteiger partial charge on any atom is -0.379 e. The molecule has 4 rings (SSSR count). The Balaban J connectivity index is 1.51. The molecule has 2 aliphatic heterocycles. The SMILES string of the molecule is Cc1nccn1-c1cncc(C2CCCN2C(=O)CN2CCOCC2)n1. The third-order valence-corrected chi connectivity index (χ3v) is 5.09. The lowest BCUT2D eigenvalue weighted by Crippen LogP contribution is -2.44. The molecule has 0 N–H and O–H groups in total. The fraction of sp³-hybridized carbons (Fsp3) is 0.556. The van der Waals surface area contributed by atoms with Crippen molar-refractivity contribution in [3.8, 4) is 5.82 Å². The third-order valence-electron chi connectivity index (χ3n) is 5.09. The van der Waals surface area contributed by atoms with Gasteiger partial charge in [-0.3, -0.25) is 19.2 Å². The normalized spacial score (nSPS) is 21.3. The second-order valence-electron chi connectivity index (χ2n) is 6.78. The van der Waals surface area contributed by atoms with Gasteiger partial charge in [-0.2, -0.15) is 0 Å². The first kappa shape index (κ1) is 17.1. The number of ether oxygens (including phenoxy) is 1. The number of imidazole rings is 1. The van der Waals surface area contributed by atoms with Crippen LogP contribution in [-0.2, 0) is 9.53 Å². The molecule has 4 heterocycles. The van der Waals surface area contributed by atoms with Crippen molar-refractivity contribution < 1.29 is 9.53 Å². The first-order valence-corrected chi connectivity index (χ1v) is 9.14. The maximum absolute atomic E-state index is 12.8. The molecule has 2 aromatic rings. The number of hydrogen-bond donors (Lipinski definition) is 0. The number of aryl methyl sites for hydroxylation is 1. The van der Waals surface area contributed by atoms with E-state index in [-0.39, 0.29) is 11.9 Å². The molecular weight excluding hydrogens is 332 g/mol. The lowest BCUT2D eigenvalue weighted by Gasteiger charge is -2.30. The highest BCUT2D eigenvalue weighted by Gasteiger charge is 2.32. The van der Waals surface area contributed by atoms with Gasteiger partial charge < -0.3 is 9.64 Å². The Morgan fingerprint density at radius 3 is 2.88 bits per heavy atom. The number of rotatable bonds is 4. The maximum atomic E-state index is 12.8. The largest absolute Gasteiger partial charge is 0.379 e. The molecule has 1 amide bonds. The van der Waals surface area contributed by atoms with E-state index in [1.54, 1.807) is 18.6 Å². The van der Waals surface area contributed by atoms with Gasteiger partial charge in [0.2, 0.25) is 5.91 Å². The lowest BCUT2D eigenvalue weighted by atomic mass is 10.1. The highest BCUT2D eigenvalue weighted by atomic mass is 16.5. The van der Waals surface area contributed by atoms with Gasteiger partial charge in [-0.05, 0) is 19.8 Å². The molecule has 2 aromatic heterocycles. The van der Waals surface area contributed by atoms with Crippen molar-refractivity contribution in [2.24, 2.45) is 0 Å². The molecule has 26 heavy (non-hydrogen) atoms. The number of morpholine rings is 1. The minimum absolute atomic E-state index is 0.000168. The van der Waals surface area contributed by atoms with E-state index < -0.39 is 0 Å². The molecule has 0 bridgehead atoms. The molecule has 0 aromatic carbocycles. The van der Waals surface area contributed by atoms with Crippen LogP contribution in [0, 0.1) is 6.92 Å². The Hall–Kier alpha value is -2.32. The zero-order valence-corrected chi connectivity index (χ0v) is 15.0. The third kappa shape index (κ3) is 3.47. The maximum Gasteiger partial charge on any atom is 0.237 e. The van der Waals surface area contributed by atoms with E-state index in [1.165, 1.54) is 0 Å². The average molecular weight is 356 g/mol. The molecule has 0 saturated carbocycles. The van der Waals surface area contributed by atoms with Gasteiger partial charge in [0.25, 0.3) is 0 Å². The van der Waals surface area contributed by atoms with Crippen molar-refractivity contribution in [2.45, 2.75) is 25.8 Å². The number of aromatic nitrogens is 4. The van der Waals surface area contributed by atoms with Crippen molar-refractivity contribution >= 4 is 5.91 Å². The summed E-state index contributed by atoms with van der Waals surface area (Å²) in [6.45, 7) is 6.21. The first-order chi connectivity index (χ1) is 12.7. The number of likely N-dealkylation sites (tertiary alicyclic amines) is 1. The van der Waals surface area contributed by atoms with Crippen molar-refractivity contribution in [1.82, 2.24) is 29.3 Å². The molecule has 8 heteroatoms. The van der Waals surface area contributed by atoms with Crippen molar-refractivity contribution in [3.63, 3.8) is 0 Å². The van der Waals surface area contributed by atoms with Gasteiger partial charge in [0.05, 0.1) is 43.9 Å². The first-order valence-electron chi connectivity index (χ1n) is 9.14. The van der Waals surface area contributed by atoms with Crippen LogP contribution >= 0.6 is 0 Å². The summed E-state index contributed by atoms with van der Waals surface area (Å²) in [5.41, 5.74) is 0.850. The quantitative estimate of drug-likeness (QED) is 0.812. The molecule has 1 unspecified atom stereocenters. The van der Waals surface area contributed by atoms with Crippen LogP contribution in [0.5, 0.6) is 0 Å². The topological polar surface area (TPSA) is 76.4 Å². The van der Waals surface area contributed by atoms with Crippen LogP contribution in [0.15, 0.2) is 24.8 Å². The van der Waals surface area contributed by atoms with Gasteiger partial charge >= 0.3 is 0 Å². The Bertz CT molecular complexity index is 771. The van der Waals surface area contributed by atoms with E-state index in [9.17, 15) is 4.79 Å². The summed E-state index contributed by atoms with van der Waals surface area (Å²) >= 11 is 0. The minimum atomic E-state index is -0.000168. The van der Waals surface area contributed by atoms with E-state index >= 15 is 0 Å². The zero-order chi connectivity index (χ0) is 17.9. The van der Waals surface area contributed by atoms with Crippen molar-refractivity contribution in [2.75, 3.05) is 39.4 Å². The molecule has 0 spiro atoms. The van der Waals surface area contributed by atoms with Gasteiger partial charge in [-0.25, -0.2) is 9.97 Å². The Kier molecular flexibility index (Phi) is 4.94. The smallest absolute Gasteiger partial charge is 0.237 e. The number of amides is 1. The van der Waals surface area contributed by atoms with Crippen LogP contribution in [0.2, 0.25) is 0 Å². The number of nitrogens with zero attached hydrogens (tertiary/aromatic N) is 6. The summed E-state index contributed by atoms with van der Waals surface area (Å²) in [5.74, 6) is 1.77. The lowest BCUT2D eigenvalue weighted by molar-refractivity contribution is -0.134. The van der Waals surface area contributed by atoms with Gasteiger partial charge in [0.15, 0.2) is 5.82 Å². The summed E-state index contributed by atoms with van der Waals surface area (Å²) in [6.07, 6.45) is 9.05. The highest BCUT2D eigenvalue weighted by Crippen LogP contribution is 2.31. The monoisotopic (exact) mass is 356 g/mol. The molecule has 2 aliphatic rings. The Labute approximate surface area is 152 Å². The molecule has 1 atom stereocenters. The summed E-state index contributed by atoms with van der Waals surface area (Å²) in [6, 6.07) is -0.000168. The van der Waals surface area contributed by atoms with Crippen LogP contribution in [0.25, 0.3) is 5.82 Å². The summed E-state index contributed by atoms with van der Waals surface area (Å²) in [5, 5.41) is 0.